The van der Waals surface area contributed by atoms with Crippen LogP contribution in [0.3, 0.4) is 0 Å². The highest BCUT2D eigenvalue weighted by atomic mass is 15.2. The van der Waals surface area contributed by atoms with E-state index in [0.29, 0.717) is 11.5 Å². The van der Waals surface area contributed by atoms with E-state index in [4.69, 9.17) is 4.98 Å². The summed E-state index contributed by atoms with van der Waals surface area (Å²) in [6.07, 6.45) is 10.9. The summed E-state index contributed by atoms with van der Waals surface area (Å²) in [4.78, 5) is 23.8. The Morgan fingerprint density at radius 2 is 1.80 bits per heavy atom. The van der Waals surface area contributed by atoms with Crippen LogP contribution >= 0.6 is 0 Å². The number of imidazole rings is 1. The standard InChI is InChI=1S/C22H20N8/c1-2-10-30(11-3-1)18-6-9-24-21-20(18)26-22(27-21)19-15-12-16(14-4-7-23-8-5-14)25-13-17(15)28-29-19/h4-9,12-13H,1-3,10-11H2,(H,28,29)(H,24,26,27). The Morgan fingerprint density at radius 1 is 0.933 bits per heavy atom. The molecule has 0 aliphatic carbocycles. The molecule has 1 saturated heterocycles. The molecule has 30 heavy (non-hydrogen) atoms. The molecule has 0 bridgehead atoms. The minimum Gasteiger partial charge on any atom is -0.370 e. The lowest BCUT2D eigenvalue weighted by atomic mass is 10.1. The highest BCUT2D eigenvalue weighted by Crippen LogP contribution is 2.31. The first-order valence-electron chi connectivity index (χ1n) is 10.2. The third kappa shape index (κ3) is 2.80. The van der Waals surface area contributed by atoms with Gasteiger partial charge in [-0.1, -0.05) is 0 Å². The Morgan fingerprint density at radius 3 is 2.67 bits per heavy atom. The summed E-state index contributed by atoms with van der Waals surface area (Å²) in [5.41, 5.74) is 6.37. The number of nitrogens with one attached hydrogen (secondary N) is 2. The first-order chi connectivity index (χ1) is 14.9. The van der Waals surface area contributed by atoms with Crippen LogP contribution in [0.1, 0.15) is 19.3 Å². The second kappa shape index (κ2) is 6.91. The van der Waals surface area contributed by atoms with Crippen LogP contribution in [-0.2, 0) is 0 Å². The van der Waals surface area contributed by atoms with E-state index in [2.05, 4.69) is 41.1 Å². The number of nitrogens with zero attached hydrogens (tertiary/aromatic N) is 6. The summed E-state index contributed by atoms with van der Waals surface area (Å²) in [7, 11) is 0. The normalized spacial score (nSPS) is 14.6. The largest absolute Gasteiger partial charge is 0.370 e. The van der Waals surface area contributed by atoms with Gasteiger partial charge in [0.05, 0.1) is 23.1 Å². The monoisotopic (exact) mass is 396 g/mol. The minimum atomic E-state index is 0.708. The van der Waals surface area contributed by atoms with Gasteiger partial charge in [0.1, 0.15) is 11.2 Å². The van der Waals surface area contributed by atoms with E-state index in [1.54, 1.807) is 12.4 Å². The van der Waals surface area contributed by atoms with Gasteiger partial charge in [-0.05, 0) is 43.5 Å². The third-order valence-corrected chi connectivity index (χ3v) is 5.71. The van der Waals surface area contributed by atoms with E-state index in [1.165, 1.54) is 19.3 Å². The van der Waals surface area contributed by atoms with Crippen molar-refractivity contribution >= 4 is 27.8 Å². The molecule has 0 aromatic carbocycles. The summed E-state index contributed by atoms with van der Waals surface area (Å²) in [6, 6.07) is 8.01. The predicted molar refractivity (Wildman–Crippen MR) is 116 cm³/mol. The molecule has 5 aromatic rings. The fourth-order valence-electron chi connectivity index (χ4n) is 4.19. The van der Waals surface area contributed by atoms with Crippen molar-refractivity contribution in [3.63, 3.8) is 0 Å². The highest BCUT2D eigenvalue weighted by molar-refractivity contribution is 5.95. The van der Waals surface area contributed by atoms with E-state index < -0.39 is 0 Å². The van der Waals surface area contributed by atoms with Gasteiger partial charge in [0, 0.05) is 42.6 Å². The fourth-order valence-corrected chi connectivity index (χ4v) is 4.19. The maximum absolute atomic E-state index is 4.76. The van der Waals surface area contributed by atoms with Crippen LogP contribution in [-0.4, -0.2) is 48.2 Å². The van der Waals surface area contributed by atoms with E-state index in [1.807, 2.05) is 30.6 Å². The van der Waals surface area contributed by atoms with Crippen LogP contribution in [0.25, 0.3) is 44.8 Å². The van der Waals surface area contributed by atoms with Gasteiger partial charge < -0.3 is 9.88 Å². The van der Waals surface area contributed by atoms with Gasteiger partial charge in [-0.25, -0.2) is 9.97 Å². The molecular formula is C22H20N8. The fraction of sp³-hybridized carbons (Fsp3) is 0.227. The molecule has 5 aromatic heterocycles. The van der Waals surface area contributed by atoms with Crippen molar-refractivity contribution in [2.24, 2.45) is 0 Å². The SMILES string of the molecule is c1cc(-c2cc3c(-c4nc5nccc(N6CCCCC6)c5[nH]4)n[nH]c3cn2)ccn1. The van der Waals surface area contributed by atoms with Crippen molar-refractivity contribution < 1.29 is 0 Å². The van der Waals surface area contributed by atoms with Crippen LogP contribution < -0.4 is 4.90 Å². The lowest BCUT2D eigenvalue weighted by molar-refractivity contribution is 0.578. The molecule has 0 radical (unpaired) electrons. The number of fused-ring (bicyclic) bond motifs is 2. The van der Waals surface area contributed by atoms with Gasteiger partial charge in [0.15, 0.2) is 11.5 Å². The summed E-state index contributed by atoms with van der Waals surface area (Å²) < 4.78 is 0. The molecule has 1 aliphatic rings. The second-order valence-corrected chi connectivity index (χ2v) is 7.59. The lowest BCUT2D eigenvalue weighted by Crippen LogP contribution is -2.29. The Bertz CT molecular complexity index is 1330. The number of aromatic amines is 2. The number of pyridine rings is 3. The van der Waals surface area contributed by atoms with Crippen LogP contribution in [0.2, 0.25) is 0 Å². The zero-order valence-corrected chi connectivity index (χ0v) is 16.3. The number of piperidine rings is 1. The van der Waals surface area contributed by atoms with Gasteiger partial charge in [-0.2, -0.15) is 5.10 Å². The summed E-state index contributed by atoms with van der Waals surface area (Å²) in [5, 5.41) is 8.57. The molecule has 8 nitrogen and oxygen atoms in total. The molecule has 6 heterocycles. The first kappa shape index (κ1) is 17.1. The molecule has 6 rings (SSSR count). The van der Waals surface area contributed by atoms with Crippen molar-refractivity contribution in [2.75, 3.05) is 18.0 Å². The number of rotatable bonds is 3. The predicted octanol–water partition coefficient (Wildman–Crippen LogP) is 3.95. The molecular weight excluding hydrogens is 376 g/mol. The van der Waals surface area contributed by atoms with Crippen LogP contribution in [0.5, 0.6) is 0 Å². The molecule has 0 amide bonds. The quantitative estimate of drug-likeness (QED) is 0.479. The van der Waals surface area contributed by atoms with E-state index in [0.717, 1.165) is 52.1 Å². The van der Waals surface area contributed by atoms with Crippen LogP contribution in [0.4, 0.5) is 5.69 Å². The molecule has 2 N–H and O–H groups in total. The lowest BCUT2D eigenvalue weighted by Gasteiger charge is -2.28. The second-order valence-electron chi connectivity index (χ2n) is 7.59. The third-order valence-electron chi connectivity index (χ3n) is 5.71. The van der Waals surface area contributed by atoms with E-state index in [9.17, 15) is 0 Å². The minimum absolute atomic E-state index is 0.708. The van der Waals surface area contributed by atoms with Gasteiger partial charge in [0.2, 0.25) is 0 Å². The maximum atomic E-state index is 4.76. The molecule has 0 unspecified atom stereocenters. The Balaban J connectivity index is 1.47. The molecule has 0 saturated carbocycles. The van der Waals surface area contributed by atoms with Crippen molar-refractivity contribution in [3.8, 4) is 22.8 Å². The van der Waals surface area contributed by atoms with E-state index >= 15 is 0 Å². The number of anilines is 1. The zero-order chi connectivity index (χ0) is 19.9. The van der Waals surface area contributed by atoms with Gasteiger partial charge in [-0.3, -0.25) is 15.1 Å². The molecule has 0 spiro atoms. The van der Waals surface area contributed by atoms with Crippen molar-refractivity contribution in [2.45, 2.75) is 19.3 Å². The number of H-pyrrole nitrogens is 2. The first-order valence-corrected chi connectivity index (χ1v) is 10.2. The molecule has 1 aliphatic heterocycles. The molecule has 1 fully saturated rings. The zero-order valence-electron chi connectivity index (χ0n) is 16.3. The average Bonchev–Trinajstić information content (AvgIpc) is 3.43. The van der Waals surface area contributed by atoms with Crippen molar-refractivity contribution in [3.05, 3.63) is 49.1 Å². The van der Waals surface area contributed by atoms with Crippen LogP contribution in [0, 0.1) is 0 Å². The van der Waals surface area contributed by atoms with Gasteiger partial charge in [-0.15, -0.1) is 0 Å². The highest BCUT2D eigenvalue weighted by Gasteiger charge is 2.19. The Kier molecular flexibility index (Phi) is 3.93. The average molecular weight is 396 g/mol. The summed E-state index contributed by atoms with van der Waals surface area (Å²) in [5.74, 6) is 0.708. The van der Waals surface area contributed by atoms with Gasteiger partial charge >= 0.3 is 0 Å². The summed E-state index contributed by atoms with van der Waals surface area (Å²) in [6.45, 7) is 2.14. The van der Waals surface area contributed by atoms with Crippen molar-refractivity contribution in [1.82, 2.24) is 35.1 Å². The number of hydrogen-bond acceptors (Lipinski definition) is 6. The maximum Gasteiger partial charge on any atom is 0.180 e. The molecule has 0 atom stereocenters. The Hall–Kier alpha value is -3.81. The van der Waals surface area contributed by atoms with E-state index in [-0.39, 0.29) is 0 Å². The van der Waals surface area contributed by atoms with Crippen molar-refractivity contribution in [1.29, 1.82) is 0 Å². The number of hydrogen-bond donors (Lipinski definition) is 2. The smallest absolute Gasteiger partial charge is 0.180 e. The number of aromatic nitrogens is 7. The summed E-state index contributed by atoms with van der Waals surface area (Å²) >= 11 is 0. The Labute approximate surface area is 172 Å². The van der Waals surface area contributed by atoms with Gasteiger partial charge in [0.25, 0.3) is 0 Å². The van der Waals surface area contributed by atoms with Crippen LogP contribution in [0.15, 0.2) is 49.1 Å². The molecule has 8 heteroatoms. The molecule has 148 valence electrons. The topological polar surface area (TPSA) is 99.3 Å².